The summed E-state index contributed by atoms with van der Waals surface area (Å²) in [7, 11) is 1.05. The molecule has 16 nitrogen and oxygen atoms in total. The van der Waals surface area contributed by atoms with Crippen LogP contribution >= 0.6 is 0 Å². The molecule has 2 unspecified atom stereocenters. The Labute approximate surface area is 223 Å². The van der Waals surface area contributed by atoms with E-state index in [0.29, 0.717) is 13.7 Å². The van der Waals surface area contributed by atoms with Crippen molar-refractivity contribution in [1.29, 1.82) is 0 Å². The molecule has 1 heterocycles. The lowest BCUT2D eigenvalue weighted by Crippen LogP contribution is -2.56. The number of hydrogen-bond donors (Lipinski definition) is 6. The summed E-state index contributed by atoms with van der Waals surface area (Å²) in [4.78, 5) is 62.1. The molecule has 0 aliphatic heterocycles. The van der Waals surface area contributed by atoms with Gasteiger partial charge in [-0.05, 0) is 36.4 Å². The normalized spacial score (nSPS) is 12.5. The fourth-order valence-corrected chi connectivity index (χ4v) is 3.40. The van der Waals surface area contributed by atoms with Crippen LogP contribution in [0.5, 0.6) is 23.0 Å². The van der Waals surface area contributed by atoms with Crippen molar-refractivity contribution in [2.24, 2.45) is 7.05 Å². The van der Waals surface area contributed by atoms with Crippen LogP contribution in [-0.4, -0.2) is 81.7 Å². The van der Waals surface area contributed by atoms with E-state index in [9.17, 15) is 54.6 Å². The number of carbonyl (C=O) groups excluding carboxylic acids is 2. The Morgan fingerprint density at radius 3 is 1.40 bits per heavy atom. The number of hydrogen-bond acceptors (Lipinski definition) is 13. The van der Waals surface area contributed by atoms with E-state index in [1.807, 2.05) is 0 Å². The van der Waals surface area contributed by atoms with Crippen LogP contribution in [0.25, 0.3) is 0 Å². The lowest BCUT2D eigenvalue weighted by atomic mass is 10.2. The summed E-state index contributed by atoms with van der Waals surface area (Å²) in [6.45, 7) is -2.81. The highest BCUT2D eigenvalue weighted by Gasteiger charge is 2.21. The fraction of sp³-hybridized carbons (Fsp3) is 0.292. The molecule has 214 valence electrons. The van der Waals surface area contributed by atoms with Crippen molar-refractivity contribution in [3.05, 3.63) is 79.0 Å². The lowest BCUT2D eigenvalue weighted by Gasteiger charge is -2.17. The average Bonchev–Trinajstić information content (AvgIpc) is 2.92. The highest BCUT2D eigenvalue weighted by atomic mass is 16.5. The summed E-state index contributed by atoms with van der Waals surface area (Å²) in [6, 6.07) is 6.24. The third-order valence-corrected chi connectivity index (χ3v) is 5.52. The molecule has 0 amide bonds. The van der Waals surface area contributed by atoms with Crippen molar-refractivity contribution in [3.8, 4) is 23.0 Å². The van der Waals surface area contributed by atoms with Crippen LogP contribution in [0.4, 0.5) is 0 Å². The Bertz CT molecular complexity index is 1490. The molecule has 0 bridgehead atoms. The van der Waals surface area contributed by atoms with Gasteiger partial charge in [0.25, 0.3) is 0 Å². The number of aromatic hydroxyl groups is 4. The van der Waals surface area contributed by atoms with E-state index in [1.54, 1.807) is 0 Å². The minimum atomic E-state index is -1.60. The number of benzene rings is 2. The number of nitrogens with zero attached hydrogens (tertiary/aromatic N) is 3. The van der Waals surface area contributed by atoms with E-state index >= 15 is 0 Å². The first-order valence-electron chi connectivity index (χ1n) is 11.4. The van der Waals surface area contributed by atoms with E-state index < -0.39 is 90.5 Å². The predicted molar refractivity (Wildman–Crippen MR) is 132 cm³/mol. The Kier molecular flexibility index (Phi) is 8.97. The van der Waals surface area contributed by atoms with Gasteiger partial charge in [-0.25, -0.2) is 37.7 Å². The molecule has 2 atom stereocenters. The minimum absolute atomic E-state index is 0.152. The van der Waals surface area contributed by atoms with Gasteiger partial charge in [0.05, 0.1) is 24.2 Å². The van der Waals surface area contributed by atoms with Crippen LogP contribution in [0.2, 0.25) is 0 Å². The van der Waals surface area contributed by atoms with Gasteiger partial charge >= 0.3 is 29.0 Å². The summed E-state index contributed by atoms with van der Waals surface area (Å²) < 4.78 is 11.3. The van der Waals surface area contributed by atoms with Crippen molar-refractivity contribution in [2.45, 2.75) is 25.3 Å². The van der Waals surface area contributed by atoms with Crippen molar-refractivity contribution in [2.75, 3.05) is 13.2 Å². The topological polar surface area (TPSA) is 240 Å². The molecule has 0 radical (unpaired) electrons. The number of phenols is 4. The number of aliphatic hydroxyl groups is 2. The van der Waals surface area contributed by atoms with E-state index in [-0.39, 0.29) is 11.1 Å². The molecule has 6 N–H and O–H groups in total. The quantitative estimate of drug-likeness (QED) is 0.115. The number of phenolic OH excluding ortho intramolecular Hbond substituents is 4. The second-order valence-electron chi connectivity index (χ2n) is 8.54. The first-order valence-corrected chi connectivity index (χ1v) is 11.4. The van der Waals surface area contributed by atoms with Gasteiger partial charge in [0.1, 0.15) is 25.4 Å². The molecule has 2 aromatic carbocycles. The monoisotopic (exact) mass is 563 g/mol. The van der Waals surface area contributed by atoms with Crippen molar-refractivity contribution < 1.29 is 49.7 Å². The van der Waals surface area contributed by atoms with Crippen molar-refractivity contribution in [3.63, 3.8) is 0 Å². The summed E-state index contributed by atoms with van der Waals surface area (Å²) in [6.07, 6.45) is -3.20. The van der Waals surface area contributed by atoms with Gasteiger partial charge < -0.3 is 40.1 Å². The smallest absolute Gasteiger partial charge is 0.338 e. The zero-order valence-electron chi connectivity index (χ0n) is 20.8. The summed E-state index contributed by atoms with van der Waals surface area (Å²) in [5.74, 6) is -4.07. The third-order valence-electron chi connectivity index (χ3n) is 5.52. The Hall–Kier alpha value is -5.09. The van der Waals surface area contributed by atoms with Crippen molar-refractivity contribution in [1.82, 2.24) is 13.7 Å². The molecule has 1 aromatic heterocycles. The summed E-state index contributed by atoms with van der Waals surface area (Å²) in [5.41, 5.74) is -3.72. The van der Waals surface area contributed by atoms with E-state index in [4.69, 9.17) is 9.47 Å². The van der Waals surface area contributed by atoms with Gasteiger partial charge in [0, 0.05) is 7.05 Å². The van der Waals surface area contributed by atoms with Gasteiger partial charge in [0.2, 0.25) is 0 Å². The molecule has 0 saturated carbocycles. The number of rotatable bonds is 10. The van der Waals surface area contributed by atoms with Crippen LogP contribution < -0.4 is 17.1 Å². The van der Waals surface area contributed by atoms with Crippen LogP contribution in [0.3, 0.4) is 0 Å². The van der Waals surface area contributed by atoms with Crippen LogP contribution in [0.1, 0.15) is 20.7 Å². The molecule has 0 spiro atoms. The van der Waals surface area contributed by atoms with Crippen LogP contribution in [-0.2, 0) is 29.6 Å². The largest absolute Gasteiger partial charge is 0.504 e. The van der Waals surface area contributed by atoms with Gasteiger partial charge in [-0.15, -0.1) is 0 Å². The second-order valence-corrected chi connectivity index (χ2v) is 8.54. The Balaban J connectivity index is 1.68. The fourth-order valence-electron chi connectivity index (χ4n) is 3.40. The maximum atomic E-state index is 12.9. The number of carbonyl (C=O) groups is 2. The van der Waals surface area contributed by atoms with Crippen molar-refractivity contribution >= 4 is 11.9 Å². The second kappa shape index (κ2) is 12.2. The molecule has 0 aliphatic carbocycles. The highest BCUT2D eigenvalue weighted by Crippen LogP contribution is 2.26. The molecule has 0 aliphatic rings. The van der Waals surface area contributed by atoms with E-state index in [0.717, 1.165) is 43.4 Å². The molecule has 3 aromatic rings. The Morgan fingerprint density at radius 2 is 1.05 bits per heavy atom. The van der Waals surface area contributed by atoms with Gasteiger partial charge in [-0.3, -0.25) is 0 Å². The minimum Gasteiger partial charge on any atom is -0.504 e. The predicted octanol–water partition coefficient (Wildman–Crippen LogP) is -2.03. The first-order chi connectivity index (χ1) is 18.8. The molecule has 40 heavy (non-hydrogen) atoms. The summed E-state index contributed by atoms with van der Waals surface area (Å²) in [5, 5.41) is 58.1. The maximum absolute atomic E-state index is 12.9. The number of aliphatic hydroxyl groups excluding tert-OH is 2. The van der Waals surface area contributed by atoms with Crippen LogP contribution in [0, 0.1) is 0 Å². The van der Waals surface area contributed by atoms with Gasteiger partial charge in [0.15, 0.2) is 23.0 Å². The molecule has 0 saturated heterocycles. The standard InChI is InChI=1S/C24H25N3O13/c1-25-22(36)26(8-14(28)10-39-20(34)12-2-4-16(30)18(32)6-12)24(38)27(23(25)37)9-15(29)11-40-21(35)13-3-5-17(31)19(33)7-13/h2-7,14-15,28-33H,8-11H2,1H3. The molecular weight excluding hydrogens is 538 g/mol. The first kappa shape index (κ1) is 29.5. The highest BCUT2D eigenvalue weighted by molar-refractivity contribution is 5.90. The van der Waals surface area contributed by atoms with Crippen LogP contribution in [0.15, 0.2) is 50.8 Å². The SMILES string of the molecule is Cn1c(=O)n(CC(O)COC(=O)c2ccc(O)c(O)c2)c(=O)n(CC(O)COC(=O)c2ccc(O)c(O)c2)c1=O. The molecule has 16 heteroatoms. The average molecular weight is 563 g/mol. The molecular formula is C24H25N3O13. The third kappa shape index (κ3) is 6.66. The zero-order valence-corrected chi connectivity index (χ0v) is 20.8. The van der Waals surface area contributed by atoms with E-state index in [2.05, 4.69) is 0 Å². The summed E-state index contributed by atoms with van der Waals surface area (Å²) >= 11 is 0. The van der Waals surface area contributed by atoms with Gasteiger partial charge in [-0.1, -0.05) is 0 Å². The molecule has 3 rings (SSSR count). The maximum Gasteiger partial charge on any atom is 0.338 e. The number of aromatic nitrogens is 3. The molecule has 0 fully saturated rings. The van der Waals surface area contributed by atoms with Gasteiger partial charge in [-0.2, -0.15) is 0 Å². The number of esters is 2. The van der Waals surface area contributed by atoms with E-state index in [1.165, 1.54) is 0 Å². The zero-order chi connectivity index (χ0) is 29.7. The number of ether oxygens (including phenoxy) is 2. The lowest BCUT2D eigenvalue weighted by molar-refractivity contribution is 0.0189. The Morgan fingerprint density at radius 1 is 0.675 bits per heavy atom.